The summed E-state index contributed by atoms with van der Waals surface area (Å²) in [7, 11) is 1.50. The highest BCUT2D eigenvalue weighted by atomic mass is 16.6. The zero-order valence-electron chi connectivity index (χ0n) is 14.7. The van der Waals surface area contributed by atoms with Gasteiger partial charge in [-0.2, -0.15) is 0 Å². The van der Waals surface area contributed by atoms with Gasteiger partial charge in [-0.1, -0.05) is 6.07 Å². The number of rotatable bonds is 8. The van der Waals surface area contributed by atoms with Gasteiger partial charge in [-0.15, -0.1) is 0 Å². The van der Waals surface area contributed by atoms with E-state index in [0.29, 0.717) is 19.2 Å². The Hall–Kier alpha value is -3.86. The Kier molecular flexibility index (Phi) is 6.71. The first-order valence-corrected chi connectivity index (χ1v) is 7.95. The summed E-state index contributed by atoms with van der Waals surface area (Å²) in [6.45, 7) is 0.646. The number of amides is 2. The second-order valence-electron chi connectivity index (χ2n) is 5.50. The van der Waals surface area contributed by atoms with Crippen molar-refractivity contribution in [2.24, 2.45) is 0 Å². The molecule has 2 aromatic carbocycles. The molecular weight excluding hydrogens is 372 g/mol. The van der Waals surface area contributed by atoms with Crippen LogP contribution in [0.4, 0.5) is 17.1 Å². The lowest BCUT2D eigenvalue weighted by Crippen LogP contribution is -2.27. The summed E-state index contributed by atoms with van der Waals surface area (Å²) in [5, 5.41) is 27.0. The maximum atomic E-state index is 12.4. The molecule has 0 heterocycles. The number of nitrogens with zero attached hydrogens (tertiary/aromatic N) is 2. The first kappa shape index (κ1) is 20.5. The summed E-state index contributed by atoms with van der Waals surface area (Å²) in [4.78, 5) is 44.7. The fraction of sp³-hybridized carbons (Fsp3) is 0.176. The predicted octanol–water partition coefficient (Wildman–Crippen LogP) is 2.13. The van der Waals surface area contributed by atoms with Crippen LogP contribution in [0.1, 0.15) is 20.7 Å². The number of hydrogen-bond acceptors (Lipinski definition) is 7. The van der Waals surface area contributed by atoms with Crippen LogP contribution in [0.2, 0.25) is 0 Å². The van der Waals surface area contributed by atoms with Crippen molar-refractivity contribution in [1.29, 1.82) is 0 Å². The number of hydrogen-bond donors (Lipinski definition) is 2. The number of anilines is 1. The average Bonchev–Trinajstić information content (AvgIpc) is 2.67. The lowest BCUT2D eigenvalue weighted by atomic mass is 10.1. The highest BCUT2D eigenvalue weighted by molar-refractivity contribution is 6.07. The molecular formula is C17H16N4O7. The van der Waals surface area contributed by atoms with E-state index in [1.807, 2.05) is 0 Å². The molecule has 0 saturated carbocycles. The summed E-state index contributed by atoms with van der Waals surface area (Å²) < 4.78 is 4.84. The van der Waals surface area contributed by atoms with E-state index in [1.54, 1.807) is 0 Å². The molecule has 0 fully saturated rings. The number of nitro benzene ring substituents is 2. The molecule has 0 radical (unpaired) electrons. The van der Waals surface area contributed by atoms with Gasteiger partial charge in [-0.3, -0.25) is 29.8 Å². The van der Waals surface area contributed by atoms with E-state index in [9.17, 15) is 29.8 Å². The molecule has 0 saturated heterocycles. The van der Waals surface area contributed by atoms with Crippen molar-refractivity contribution in [3.05, 3.63) is 73.8 Å². The van der Waals surface area contributed by atoms with E-state index >= 15 is 0 Å². The predicted molar refractivity (Wildman–Crippen MR) is 98.4 cm³/mol. The Labute approximate surface area is 158 Å². The molecule has 0 atom stereocenters. The molecule has 11 heteroatoms. The maximum Gasteiger partial charge on any atom is 0.289 e. The summed E-state index contributed by atoms with van der Waals surface area (Å²) in [6, 6.07) is 8.69. The van der Waals surface area contributed by atoms with E-state index in [0.717, 1.165) is 12.1 Å². The minimum atomic E-state index is -0.873. The van der Waals surface area contributed by atoms with Gasteiger partial charge in [0.1, 0.15) is 5.56 Å². The molecule has 0 unspecified atom stereocenters. The number of carbonyl (C=O) groups excluding carboxylic acids is 2. The van der Waals surface area contributed by atoms with Gasteiger partial charge in [0, 0.05) is 31.0 Å². The van der Waals surface area contributed by atoms with Gasteiger partial charge >= 0.3 is 0 Å². The van der Waals surface area contributed by atoms with Crippen LogP contribution >= 0.6 is 0 Å². The number of nitrogens with one attached hydrogen (secondary N) is 2. The third-order valence-corrected chi connectivity index (χ3v) is 3.61. The van der Waals surface area contributed by atoms with Crippen LogP contribution in [0.3, 0.4) is 0 Å². The van der Waals surface area contributed by atoms with E-state index in [1.165, 1.54) is 31.4 Å². The van der Waals surface area contributed by atoms with E-state index in [-0.39, 0.29) is 22.7 Å². The van der Waals surface area contributed by atoms with Crippen molar-refractivity contribution in [2.45, 2.75) is 0 Å². The van der Waals surface area contributed by atoms with Gasteiger partial charge in [-0.05, 0) is 24.3 Å². The molecule has 0 aliphatic carbocycles. The number of non-ortho nitro benzene ring substituents is 1. The SMILES string of the molecule is COCCNC(=O)c1cccc(NC(=O)c2ccc([N+](=O)[O-])cc2[N+](=O)[O-])c1. The topological polar surface area (TPSA) is 154 Å². The number of carbonyl (C=O) groups is 2. The number of nitro groups is 2. The molecule has 146 valence electrons. The molecule has 2 N–H and O–H groups in total. The highest BCUT2D eigenvalue weighted by Gasteiger charge is 2.24. The lowest BCUT2D eigenvalue weighted by Gasteiger charge is -2.08. The van der Waals surface area contributed by atoms with Gasteiger partial charge in [-0.25, -0.2) is 0 Å². The van der Waals surface area contributed by atoms with Crippen molar-refractivity contribution < 1.29 is 24.2 Å². The van der Waals surface area contributed by atoms with Crippen LogP contribution < -0.4 is 10.6 Å². The van der Waals surface area contributed by atoms with Gasteiger partial charge in [0.15, 0.2) is 0 Å². The zero-order valence-corrected chi connectivity index (χ0v) is 14.7. The second kappa shape index (κ2) is 9.19. The Balaban J connectivity index is 2.21. The van der Waals surface area contributed by atoms with E-state index in [2.05, 4.69) is 10.6 Å². The molecule has 2 amide bonds. The normalized spacial score (nSPS) is 10.2. The Morgan fingerprint density at radius 3 is 2.43 bits per heavy atom. The van der Waals surface area contributed by atoms with E-state index in [4.69, 9.17) is 4.74 Å². The van der Waals surface area contributed by atoms with Crippen molar-refractivity contribution in [3.8, 4) is 0 Å². The van der Waals surface area contributed by atoms with Gasteiger partial charge in [0.2, 0.25) is 0 Å². The largest absolute Gasteiger partial charge is 0.383 e. The quantitative estimate of drug-likeness (QED) is 0.399. The lowest BCUT2D eigenvalue weighted by molar-refractivity contribution is -0.394. The van der Waals surface area contributed by atoms with Crippen LogP contribution in [0.15, 0.2) is 42.5 Å². The molecule has 2 aromatic rings. The Morgan fingerprint density at radius 1 is 1.04 bits per heavy atom. The van der Waals surface area contributed by atoms with Gasteiger partial charge in [0.25, 0.3) is 23.2 Å². The van der Waals surface area contributed by atoms with Gasteiger partial charge < -0.3 is 15.4 Å². The average molecular weight is 388 g/mol. The van der Waals surface area contributed by atoms with Crippen LogP contribution in [-0.2, 0) is 4.74 Å². The van der Waals surface area contributed by atoms with Crippen LogP contribution in [0.25, 0.3) is 0 Å². The fourth-order valence-electron chi connectivity index (χ4n) is 2.28. The summed E-state index contributed by atoms with van der Waals surface area (Å²) >= 11 is 0. The summed E-state index contributed by atoms with van der Waals surface area (Å²) in [6.07, 6.45) is 0. The smallest absolute Gasteiger partial charge is 0.289 e. The molecule has 0 spiro atoms. The van der Waals surface area contributed by atoms with Gasteiger partial charge in [0.05, 0.1) is 22.5 Å². The third kappa shape index (κ3) is 5.08. The molecule has 28 heavy (non-hydrogen) atoms. The zero-order chi connectivity index (χ0) is 20.7. The van der Waals surface area contributed by atoms with Crippen LogP contribution in [0, 0.1) is 20.2 Å². The van der Waals surface area contributed by atoms with Crippen LogP contribution in [0.5, 0.6) is 0 Å². The maximum absolute atomic E-state index is 12.4. The number of benzene rings is 2. The second-order valence-corrected chi connectivity index (χ2v) is 5.50. The molecule has 0 aliphatic heterocycles. The third-order valence-electron chi connectivity index (χ3n) is 3.61. The first-order chi connectivity index (χ1) is 13.3. The molecule has 0 aromatic heterocycles. The number of ether oxygens (including phenoxy) is 1. The van der Waals surface area contributed by atoms with Crippen molar-refractivity contribution in [2.75, 3.05) is 25.6 Å². The standard InChI is InChI=1S/C17H16N4O7/c1-28-8-7-18-16(22)11-3-2-4-12(9-11)19-17(23)14-6-5-13(20(24)25)10-15(14)21(26)27/h2-6,9-10H,7-8H2,1H3,(H,18,22)(H,19,23). The molecule has 0 bridgehead atoms. The monoisotopic (exact) mass is 388 g/mol. The molecule has 2 rings (SSSR count). The Bertz CT molecular complexity index is 929. The fourth-order valence-corrected chi connectivity index (χ4v) is 2.28. The summed E-state index contributed by atoms with van der Waals surface area (Å²) in [5.41, 5.74) is -1.03. The molecule has 0 aliphatic rings. The number of methoxy groups -OCH3 is 1. The first-order valence-electron chi connectivity index (χ1n) is 7.95. The minimum Gasteiger partial charge on any atom is -0.383 e. The Morgan fingerprint density at radius 2 is 1.79 bits per heavy atom. The van der Waals surface area contributed by atoms with Crippen molar-refractivity contribution in [3.63, 3.8) is 0 Å². The minimum absolute atomic E-state index is 0.233. The van der Waals surface area contributed by atoms with Crippen LogP contribution in [-0.4, -0.2) is 41.9 Å². The summed E-state index contributed by atoms with van der Waals surface area (Å²) in [5.74, 6) is -1.21. The van der Waals surface area contributed by atoms with Crippen molar-refractivity contribution >= 4 is 28.9 Å². The highest BCUT2D eigenvalue weighted by Crippen LogP contribution is 2.25. The molecule has 11 nitrogen and oxygen atoms in total. The van der Waals surface area contributed by atoms with Crippen molar-refractivity contribution in [1.82, 2.24) is 5.32 Å². The van der Waals surface area contributed by atoms with E-state index < -0.39 is 27.1 Å².